The molecule has 0 radical (unpaired) electrons. The summed E-state index contributed by atoms with van der Waals surface area (Å²) < 4.78 is 27.0. The minimum absolute atomic E-state index is 0.0723. The summed E-state index contributed by atoms with van der Waals surface area (Å²) in [5.41, 5.74) is -0.900. The minimum atomic E-state index is -3.43. The van der Waals surface area contributed by atoms with Crippen molar-refractivity contribution in [2.75, 3.05) is 20.1 Å². The first-order valence-electron chi connectivity index (χ1n) is 5.62. The number of nitrogens with zero attached hydrogens (tertiary/aromatic N) is 2. The van der Waals surface area contributed by atoms with Crippen LogP contribution in [0.4, 0.5) is 0 Å². The van der Waals surface area contributed by atoms with Gasteiger partial charge in [0.2, 0.25) is 0 Å². The van der Waals surface area contributed by atoms with Crippen molar-refractivity contribution in [2.24, 2.45) is 0 Å². The van der Waals surface area contributed by atoms with Crippen LogP contribution in [0.5, 0.6) is 0 Å². The molecule has 1 atom stereocenters. The molecule has 1 saturated heterocycles. The van der Waals surface area contributed by atoms with E-state index in [1.165, 1.54) is 8.61 Å². The van der Waals surface area contributed by atoms with E-state index >= 15 is 0 Å². The van der Waals surface area contributed by atoms with Gasteiger partial charge in [0.05, 0.1) is 5.60 Å². The smallest absolute Gasteiger partial charge is 0.282 e. The van der Waals surface area contributed by atoms with Crippen LogP contribution in [0.25, 0.3) is 0 Å². The molecular formula is C10H22N2O3S. The van der Waals surface area contributed by atoms with Crippen molar-refractivity contribution < 1.29 is 13.5 Å². The van der Waals surface area contributed by atoms with Crippen molar-refractivity contribution in [1.29, 1.82) is 0 Å². The van der Waals surface area contributed by atoms with E-state index in [4.69, 9.17) is 0 Å². The maximum Gasteiger partial charge on any atom is 0.282 e. The molecule has 0 aromatic rings. The highest BCUT2D eigenvalue weighted by atomic mass is 32.2. The molecule has 1 fully saturated rings. The molecule has 16 heavy (non-hydrogen) atoms. The zero-order chi connectivity index (χ0) is 12.6. The number of β-amino-alcohol motifs (C(OH)–C–C–N with tert-alkyl or cyclic N) is 1. The summed E-state index contributed by atoms with van der Waals surface area (Å²) in [6, 6.07) is -0.0723. The van der Waals surface area contributed by atoms with Gasteiger partial charge in [-0.25, -0.2) is 0 Å². The standard InChI is InChI=1S/C10H22N2O3S/c1-9(2)11(4)16(14,15)12-7-5-6-10(3,13)8-12/h9,13H,5-8H2,1-4H3. The molecule has 0 bridgehead atoms. The predicted octanol–water partition coefficient (Wildman–Crippen LogP) is 0.418. The van der Waals surface area contributed by atoms with Crippen molar-refractivity contribution in [3.8, 4) is 0 Å². The van der Waals surface area contributed by atoms with Gasteiger partial charge in [-0.05, 0) is 33.6 Å². The summed E-state index contributed by atoms with van der Waals surface area (Å²) in [7, 11) is -1.85. The van der Waals surface area contributed by atoms with Gasteiger partial charge >= 0.3 is 0 Å². The Morgan fingerprint density at radius 3 is 2.44 bits per heavy atom. The van der Waals surface area contributed by atoms with E-state index in [-0.39, 0.29) is 12.6 Å². The highest BCUT2D eigenvalue weighted by Gasteiger charge is 2.37. The third kappa shape index (κ3) is 2.94. The summed E-state index contributed by atoms with van der Waals surface area (Å²) in [4.78, 5) is 0. The first-order chi connectivity index (χ1) is 7.17. The van der Waals surface area contributed by atoms with Gasteiger partial charge < -0.3 is 5.11 Å². The molecule has 0 amide bonds. The lowest BCUT2D eigenvalue weighted by Gasteiger charge is -2.38. The molecule has 0 spiro atoms. The first-order valence-corrected chi connectivity index (χ1v) is 7.02. The van der Waals surface area contributed by atoms with Crippen LogP contribution in [0.2, 0.25) is 0 Å². The third-order valence-electron chi connectivity index (χ3n) is 3.06. The van der Waals surface area contributed by atoms with Gasteiger partial charge in [0.1, 0.15) is 0 Å². The Hall–Kier alpha value is -0.170. The fourth-order valence-electron chi connectivity index (χ4n) is 1.82. The monoisotopic (exact) mass is 250 g/mol. The Morgan fingerprint density at radius 2 is 2.00 bits per heavy atom. The molecule has 1 heterocycles. The van der Waals surface area contributed by atoms with Gasteiger partial charge in [-0.15, -0.1) is 0 Å². The molecule has 5 nitrogen and oxygen atoms in total. The number of hydrogen-bond donors (Lipinski definition) is 1. The second kappa shape index (κ2) is 4.60. The van der Waals surface area contributed by atoms with Gasteiger partial charge in [0, 0.05) is 26.2 Å². The van der Waals surface area contributed by atoms with E-state index in [0.29, 0.717) is 19.4 Å². The SMILES string of the molecule is CC(C)N(C)S(=O)(=O)N1CCCC(C)(O)C1. The quantitative estimate of drug-likeness (QED) is 0.789. The lowest BCUT2D eigenvalue weighted by atomic mass is 9.97. The van der Waals surface area contributed by atoms with Gasteiger partial charge in [0.25, 0.3) is 10.2 Å². The van der Waals surface area contributed by atoms with E-state index in [1.807, 2.05) is 13.8 Å². The molecule has 0 aromatic heterocycles. The van der Waals surface area contributed by atoms with Crippen molar-refractivity contribution >= 4 is 10.2 Å². The van der Waals surface area contributed by atoms with Crippen molar-refractivity contribution in [2.45, 2.75) is 45.3 Å². The topological polar surface area (TPSA) is 60.9 Å². The van der Waals surface area contributed by atoms with Crippen LogP contribution in [0.3, 0.4) is 0 Å². The fourth-order valence-corrected chi connectivity index (χ4v) is 3.52. The van der Waals surface area contributed by atoms with E-state index in [0.717, 1.165) is 0 Å². The molecule has 1 aliphatic heterocycles. The van der Waals surface area contributed by atoms with Crippen LogP contribution in [-0.4, -0.2) is 53.9 Å². The molecular weight excluding hydrogens is 228 g/mol. The van der Waals surface area contributed by atoms with Crippen LogP contribution in [0, 0.1) is 0 Å². The van der Waals surface area contributed by atoms with Gasteiger partial charge in [-0.2, -0.15) is 17.0 Å². The van der Waals surface area contributed by atoms with Crippen molar-refractivity contribution in [1.82, 2.24) is 8.61 Å². The average Bonchev–Trinajstić information content (AvgIpc) is 2.14. The third-order valence-corrected chi connectivity index (χ3v) is 5.17. The number of aliphatic hydroxyl groups is 1. The second-order valence-corrected chi connectivity index (χ2v) is 7.04. The number of hydrogen-bond acceptors (Lipinski definition) is 3. The number of piperidine rings is 1. The van der Waals surface area contributed by atoms with Gasteiger partial charge in [0.15, 0.2) is 0 Å². The Kier molecular flexibility index (Phi) is 3.99. The molecule has 0 aliphatic carbocycles. The molecule has 1 unspecified atom stereocenters. The van der Waals surface area contributed by atoms with Crippen LogP contribution in [0.1, 0.15) is 33.6 Å². The van der Waals surface area contributed by atoms with Crippen LogP contribution in [0.15, 0.2) is 0 Å². The van der Waals surface area contributed by atoms with Crippen LogP contribution < -0.4 is 0 Å². The van der Waals surface area contributed by atoms with E-state index in [9.17, 15) is 13.5 Å². The van der Waals surface area contributed by atoms with Crippen LogP contribution >= 0.6 is 0 Å². The van der Waals surface area contributed by atoms with Crippen molar-refractivity contribution in [3.05, 3.63) is 0 Å². The second-order valence-electron chi connectivity index (χ2n) is 5.05. The Balaban J connectivity index is 2.84. The maximum atomic E-state index is 12.2. The van der Waals surface area contributed by atoms with E-state index < -0.39 is 15.8 Å². The lowest BCUT2D eigenvalue weighted by molar-refractivity contribution is 0.00774. The maximum absolute atomic E-state index is 12.2. The molecule has 1 rings (SSSR count). The van der Waals surface area contributed by atoms with E-state index in [1.54, 1.807) is 14.0 Å². The molecule has 6 heteroatoms. The minimum Gasteiger partial charge on any atom is -0.389 e. The summed E-state index contributed by atoms with van der Waals surface area (Å²) in [5, 5.41) is 9.90. The number of rotatable bonds is 3. The zero-order valence-corrected chi connectivity index (χ0v) is 11.3. The summed E-state index contributed by atoms with van der Waals surface area (Å²) in [5.74, 6) is 0. The highest BCUT2D eigenvalue weighted by molar-refractivity contribution is 7.86. The lowest BCUT2D eigenvalue weighted by Crippen LogP contribution is -2.53. The van der Waals surface area contributed by atoms with Crippen molar-refractivity contribution in [3.63, 3.8) is 0 Å². The summed E-state index contributed by atoms with van der Waals surface area (Å²) in [6.45, 7) is 6.03. The highest BCUT2D eigenvalue weighted by Crippen LogP contribution is 2.24. The first kappa shape index (κ1) is 13.9. The fraction of sp³-hybridized carbons (Fsp3) is 1.00. The predicted molar refractivity (Wildman–Crippen MR) is 63.2 cm³/mol. The molecule has 1 N–H and O–H groups in total. The van der Waals surface area contributed by atoms with Crippen LogP contribution in [-0.2, 0) is 10.2 Å². The summed E-state index contributed by atoms with van der Waals surface area (Å²) >= 11 is 0. The molecule has 0 aromatic carbocycles. The zero-order valence-electron chi connectivity index (χ0n) is 10.5. The molecule has 96 valence electrons. The van der Waals surface area contributed by atoms with Gasteiger partial charge in [-0.1, -0.05) is 0 Å². The largest absolute Gasteiger partial charge is 0.389 e. The van der Waals surface area contributed by atoms with E-state index in [2.05, 4.69) is 0 Å². The normalized spacial score (nSPS) is 28.9. The Labute approximate surface area is 98.2 Å². The molecule has 1 aliphatic rings. The molecule has 0 saturated carbocycles. The average molecular weight is 250 g/mol. The van der Waals surface area contributed by atoms with Gasteiger partial charge in [-0.3, -0.25) is 0 Å². The summed E-state index contributed by atoms with van der Waals surface area (Å²) in [6.07, 6.45) is 1.36. The Bertz CT molecular complexity index is 338. The Morgan fingerprint density at radius 1 is 1.44 bits per heavy atom.